The summed E-state index contributed by atoms with van der Waals surface area (Å²) >= 11 is 0. The summed E-state index contributed by atoms with van der Waals surface area (Å²) in [6.07, 6.45) is 11.0. The highest BCUT2D eigenvalue weighted by molar-refractivity contribution is 5.86. The molecule has 0 radical (unpaired) electrons. The average Bonchev–Trinajstić information content (AvgIpc) is 3.05. The molecule has 2 unspecified atom stereocenters. The highest BCUT2D eigenvalue weighted by Crippen LogP contribution is 2.30. The van der Waals surface area contributed by atoms with E-state index < -0.39 is 0 Å². The lowest BCUT2D eigenvalue weighted by Gasteiger charge is -2.37. The van der Waals surface area contributed by atoms with Gasteiger partial charge in [-0.25, -0.2) is 4.98 Å². The minimum Gasteiger partial charge on any atom is -0.378 e. The van der Waals surface area contributed by atoms with Gasteiger partial charge in [0.1, 0.15) is 5.65 Å². The Morgan fingerprint density at radius 2 is 1.85 bits per heavy atom. The van der Waals surface area contributed by atoms with Gasteiger partial charge in [0.15, 0.2) is 0 Å². The Bertz CT molecular complexity index is 675. The zero-order valence-corrected chi connectivity index (χ0v) is 17.3. The molecule has 26 heavy (non-hydrogen) atoms. The molecule has 1 aliphatic carbocycles. The van der Waals surface area contributed by atoms with E-state index in [0.29, 0.717) is 12.6 Å². The maximum absolute atomic E-state index is 5.93. The molecule has 2 aromatic heterocycles. The fraction of sp³-hybridized carbons (Fsp3) is 0.611. The number of hydrogen-bond donors (Lipinski definition) is 2. The van der Waals surface area contributed by atoms with Crippen LogP contribution in [0.15, 0.2) is 24.5 Å². The number of pyridine rings is 1. The van der Waals surface area contributed by atoms with Gasteiger partial charge in [-0.2, -0.15) is 0 Å². The number of nitrogens with two attached hydrogens (primary N) is 1. The number of nitrogens with zero attached hydrogens (tertiary/aromatic N) is 2. The van der Waals surface area contributed by atoms with Gasteiger partial charge in [0.2, 0.25) is 0 Å². The van der Waals surface area contributed by atoms with E-state index in [9.17, 15) is 0 Å². The highest BCUT2D eigenvalue weighted by atomic mass is 35.5. The number of fused-ring (bicyclic) bond motifs is 1. The van der Waals surface area contributed by atoms with Crippen molar-refractivity contribution >= 4 is 42.9 Å². The first-order valence-corrected chi connectivity index (χ1v) is 8.85. The van der Waals surface area contributed by atoms with Crippen molar-refractivity contribution in [1.82, 2.24) is 14.7 Å². The molecule has 0 spiro atoms. The molecule has 3 heterocycles. The van der Waals surface area contributed by atoms with Gasteiger partial charge in [-0.05, 0) is 30.4 Å². The summed E-state index contributed by atoms with van der Waals surface area (Å²) in [7, 11) is 0. The van der Waals surface area contributed by atoms with Crippen LogP contribution >= 0.6 is 37.2 Å². The Hall–Kier alpha value is -0.560. The Labute approximate surface area is 173 Å². The zero-order valence-electron chi connectivity index (χ0n) is 14.8. The van der Waals surface area contributed by atoms with E-state index in [1.54, 1.807) is 0 Å². The van der Waals surface area contributed by atoms with Crippen LogP contribution in [-0.2, 0) is 11.3 Å². The SMILES string of the molecule is Cl.Cl.Cl.NCc1cn2cc(C3COCC(C4CCCCC4)N3)ccc2n1. The van der Waals surface area contributed by atoms with E-state index >= 15 is 0 Å². The Kier molecular flexibility index (Phi) is 9.65. The lowest BCUT2D eigenvalue weighted by atomic mass is 9.83. The Morgan fingerprint density at radius 1 is 1.08 bits per heavy atom. The molecule has 0 amide bonds. The molecule has 2 fully saturated rings. The average molecular weight is 424 g/mol. The van der Waals surface area contributed by atoms with Crippen LogP contribution in [0.4, 0.5) is 0 Å². The summed E-state index contributed by atoms with van der Waals surface area (Å²) in [5.41, 5.74) is 8.83. The van der Waals surface area contributed by atoms with E-state index in [2.05, 4.69) is 33.0 Å². The molecular formula is C18H29Cl3N4O. The first-order valence-electron chi connectivity index (χ1n) is 8.85. The molecule has 2 atom stereocenters. The van der Waals surface area contributed by atoms with E-state index in [0.717, 1.165) is 30.5 Å². The van der Waals surface area contributed by atoms with Crippen molar-refractivity contribution in [2.24, 2.45) is 11.7 Å². The molecule has 1 saturated carbocycles. The van der Waals surface area contributed by atoms with E-state index in [-0.39, 0.29) is 43.3 Å². The van der Waals surface area contributed by atoms with Gasteiger partial charge in [0, 0.05) is 25.0 Å². The van der Waals surface area contributed by atoms with Gasteiger partial charge in [0.05, 0.1) is 24.9 Å². The Balaban J connectivity index is 0.00000113. The number of hydrogen-bond acceptors (Lipinski definition) is 4. The van der Waals surface area contributed by atoms with E-state index in [4.69, 9.17) is 10.5 Å². The molecule has 148 valence electrons. The maximum Gasteiger partial charge on any atom is 0.137 e. The van der Waals surface area contributed by atoms with Gasteiger partial charge < -0.3 is 20.2 Å². The first kappa shape index (κ1) is 23.5. The molecule has 8 heteroatoms. The number of nitrogens with one attached hydrogen (secondary N) is 1. The van der Waals surface area contributed by atoms with Crippen LogP contribution in [0.25, 0.3) is 5.65 Å². The number of halogens is 3. The van der Waals surface area contributed by atoms with Gasteiger partial charge in [-0.1, -0.05) is 25.3 Å². The number of morpholine rings is 1. The van der Waals surface area contributed by atoms with Crippen LogP contribution in [0, 0.1) is 5.92 Å². The summed E-state index contributed by atoms with van der Waals surface area (Å²) in [6, 6.07) is 4.99. The van der Waals surface area contributed by atoms with E-state index in [1.807, 2.05) is 6.20 Å². The van der Waals surface area contributed by atoms with Gasteiger partial charge >= 0.3 is 0 Å². The van der Waals surface area contributed by atoms with Gasteiger partial charge in [-0.15, -0.1) is 37.2 Å². The van der Waals surface area contributed by atoms with Crippen LogP contribution in [-0.4, -0.2) is 28.6 Å². The molecule has 0 aromatic carbocycles. The fourth-order valence-electron chi connectivity index (χ4n) is 4.03. The fourth-order valence-corrected chi connectivity index (χ4v) is 4.03. The first-order chi connectivity index (χ1) is 11.3. The van der Waals surface area contributed by atoms with Crippen molar-refractivity contribution in [1.29, 1.82) is 0 Å². The van der Waals surface area contributed by atoms with Crippen molar-refractivity contribution < 1.29 is 4.74 Å². The molecule has 2 aliphatic rings. The summed E-state index contributed by atoms with van der Waals surface area (Å²) in [4.78, 5) is 4.49. The number of imidazole rings is 1. The highest BCUT2D eigenvalue weighted by Gasteiger charge is 2.30. The van der Waals surface area contributed by atoms with Crippen LogP contribution in [0.1, 0.15) is 49.4 Å². The number of rotatable bonds is 3. The second-order valence-corrected chi connectivity index (χ2v) is 6.93. The summed E-state index contributed by atoms with van der Waals surface area (Å²) in [5, 5.41) is 3.84. The monoisotopic (exact) mass is 422 g/mol. The normalized spacial score (nSPS) is 23.6. The summed E-state index contributed by atoms with van der Waals surface area (Å²) in [5.74, 6) is 0.771. The van der Waals surface area contributed by atoms with Crippen LogP contribution < -0.4 is 11.1 Å². The standard InChI is InChI=1S/C18H26N4O.3ClH/c19-8-15-10-22-9-14(6-7-18(22)20-15)17-12-23-11-16(21-17)13-4-2-1-3-5-13;;;/h6-7,9-10,13,16-17,21H,1-5,8,11-12,19H2;3*1H. The van der Waals surface area contributed by atoms with E-state index in [1.165, 1.54) is 37.7 Å². The zero-order chi connectivity index (χ0) is 15.6. The van der Waals surface area contributed by atoms with Crippen molar-refractivity contribution in [3.8, 4) is 0 Å². The third-order valence-electron chi connectivity index (χ3n) is 5.35. The Morgan fingerprint density at radius 3 is 2.58 bits per heavy atom. The molecule has 1 aliphatic heterocycles. The number of aromatic nitrogens is 2. The van der Waals surface area contributed by atoms with Crippen molar-refractivity contribution in [2.45, 2.75) is 50.7 Å². The van der Waals surface area contributed by atoms with Crippen molar-refractivity contribution in [3.63, 3.8) is 0 Å². The second kappa shape index (κ2) is 10.7. The minimum atomic E-state index is 0. The molecule has 1 saturated heterocycles. The summed E-state index contributed by atoms with van der Waals surface area (Å²) in [6.45, 7) is 2.07. The largest absolute Gasteiger partial charge is 0.378 e. The van der Waals surface area contributed by atoms with Crippen LogP contribution in [0.2, 0.25) is 0 Å². The number of ether oxygens (including phenoxy) is 1. The lowest BCUT2D eigenvalue weighted by Crippen LogP contribution is -2.48. The second-order valence-electron chi connectivity index (χ2n) is 6.93. The third kappa shape index (κ3) is 5.03. The third-order valence-corrected chi connectivity index (χ3v) is 5.35. The van der Waals surface area contributed by atoms with Crippen LogP contribution in [0.3, 0.4) is 0 Å². The topological polar surface area (TPSA) is 64.6 Å². The molecule has 3 N–H and O–H groups in total. The van der Waals surface area contributed by atoms with Crippen LogP contribution in [0.5, 0.6) is 0 Å². The molecule has 0 bridgehead atoms. The predicted octanol–water partition coefficient (Wildman–Crippen LogP) is 3.67. The molecule has 5 nitrogen and oxygen atoms in total. The smallest absolute Gasteiger partial charge is 0.137 e. The lowest BCUT2D eigenvalue weighted by molar-refractivity contribution is 0.0201. The quantitative estimate of drug-likeness (QED) is 0.790. The van der Waals surface area contributed by atoms with Gasteiger partial charge in [0.25, 0.3) is 0 Å². The van der Waals surface area contributed by atoms with Gasteiger partial charge in [-0.3, -0.25) is 0 Å². The molecule has 4 rings (SSSR count). The minimum absolute atomic E-state index is 0. The van der Waals surface area contributed by atoms with Crippen molar-refractivity contribution in [2.75, 3.05) is 13.2 Å². The van der Waals surface area contributed by atoms with Crippen molar-refractivity contribution in [3.05, 3.63) is 35.8 Å². The molecular weight excluding hydrogens is 395 g/mol. The predicted molar refractivity (Wildman–Crippen MR) is 112 cm³/mol. The molecule has 2 aromatic rings. The maximum atomic E-state index is 5.93. The summed E-state index contributed by atoms with van der Waals surface area (Å²) < 4.78 is 8.01.